The van der Waals surface area contributed by atoms with E-state index in [-0.39, 0.29) is 0 Å². The molecule has 0 radical (unpaired) electrons. The SMILES string of the molecule is CCCNCCO[C@H](c1ccccc1)C1CCC1. The maximum Gasteiger partial charge on any atom is 0.0853 e. The zero-order valence-corrected chi connectivity index (χ0v) is 11.4. The summed E-state index contributed by atoms with van der Waals surface area (Å²) in [5, 5.41) is 3.39. The number of nitrogens with one attached hydrogen (secondary N) is 1. The van der Waals surface area contributed by atoms with Gasteiger partial charge in [-0.05, 0) is 37.3 Å². The minimum atomic E-state index is 0.309. The number of benzene rings is 1. The highest BCUT2D eigenvalue weighted by Gasteiger charge is 2.28. The van der Waals surface area contributed by atoms with Crippen LogP contribution in [0.2, 0.25) is 0 Å². The van der Waals surface area contributed by atoms with Gasteiger partial charge >= 0.3 is 0 Å². The molecule has 1 aromatic carbocycles. The first-order chi connectivity index (χ1) is 8.92. The highest BCUT2D eigenvalue weighted by molar-refractivity contribution is 5.18. The Morgan fingerprint density at radius 2 is 2.00 bits per heavy atom. The Bertz CT molecular complexity index is 321. The van der Waals surface area contributed by atoms with Crippen LogP contribution in [-0.4, -0.2) is 19.7 Å². The fourth-order valence-corrected chi connectivity index (χ4v) is 2.45. The van der Waals surface area contributed by atoms with E-state index in [4.69, 9.17) is 4.74 Å². The van der Waals surface area contributed by atoms with Gasteiger partial charge in [0.2, 0.25) is 0 Å². The molecule has 0 aliphatic heterocycles. The van der Waals surface area contributed by atoms with Crippen LogP contribution in [0.15, 0.2) is 30.3 Å². The third-order valence-electron chi connectivity index (χ3n) is 3.71. The van der Waals surface area contributed by atoms with Crippen LogP contribution in [-0.2, 0) is 4.74 Å². The minimum Gasteiger partial charge on any atom is -0.372 e. The molecule has 1 atom stereocenters. The van der Waals surface area contributed by atoms with E-state index in [9.17, 15) is 0 Å². The van der Waals surface area contributed by atoms with Gasteiger partial charge in [-0.3, -0.25) is 0 Å². The van der Waals surface area contributed by atoms with Crippen molar-refractivity contribution in [3.8, 4) is 0 Å². The summed E-state index contributed by atoms with van der Waals surface area (Å²) in [5.41, 5.74) is 1.35. The molecule has 0 amide bonds. The number of hydrogen-bond acceptors (Lipinski definition) is 2. The van der Waals surface area contributed by atoms with Gasteiger partial charge in [0.05, 0.1) is 12.7 Å². The molecule has 2 heteroatoms. The molecule has 18 heavy (non-hydrogen) atoms. The van der Waals surface area contributed by atoms with Crippen LogP contribution < -0.4 is 5.32 Å². The number of ether oxygens (including phenoxy) is 1. The maximum atomic E-state index is 6.12. The molecule has 0 saturated heterocycles. The fourth-order valence-electron chi connectivity index (χ4n) is 2.45. The Morgan fingerprint density at radius 3 is 2.61 bits per heavy atom. The van der Waals surface area contributed by atoms with E-state index in [0.29, 0.717) is 6.10 Å². The Hall–Kier alpha value is -0.860. The molecule has 0 aromatic heterocycles. The predicted molar refractivity (Wildman–Crippen MR) is 75.6 cm³/mol. The van der Waals surface area contributed by atoms with E-state index >= 15 is 0 Å². The van der Waals surface area contributed by atoms with E-state index in [1.165, 1.54) is 31.2 Å². The molecule has 2 rings (SSSR count). The van der Waals surface area contributed by atoms with Gasteiger partial charge in [-0.2, -0.15) is 0 Å². The molecule has 2 nitrogen and oxygen atoms in total. The van der Waals surface area contributed by atoms with Crippen LogP contribution >= 0.6 is 0 Å². The van der Waals surface area contributed by atoms with E-state index < -0.39 is 0 Å². The lowest BCUT2D eigenvalue weighted by Crippen LogP contribution is -2.26. The van der Waals surface area contributed by atoms with Crippen molar-refractivity contribution in [2.75, 3.05) is 19.7 Å². The average Bonchev–Trinajstić information content (AvgIpc) is 2.36. The number of rotatable bonds is 8. The van der Waals surface area contributed by atoms with Gasteiger partial charge in [0, 0.05) is 6.54 Å². The first-order valence-corrected chi connectivity index (χ1v) is 7.29. The highest BCUT2D eigenvalue weighted by Crippen LogP contribution is 2.39. The fraction of sp³-hybridized carbons (Fsp3) is 0.625. The van der Waals surface area contributed by atoms with Crippen molar-refractivity contribution in [3.63, 3.8) is 0 Å². The lowest BCUT2D eigenvalue weighted by atomic mass is 9.78. The highest BCUT2D eigenvalue weighted by atomic mass is 16.5. The molecule has 100 valence electrons. The Labute approximate surface area is 111 Å². The molecule has 0 heterocycles. The standard InChI is InChI=1S/C16H25NO/c1-2-11-17-12-13-18-16(15-9-6-10-15)14-7-4-3-5-8-14/h3-5,7-8,15-17H,2,6,9-13H2,1H3/t16-/m1/s1. The van der Waals surface area contributed by atoms with E-state index in [0.717, 1.165) is 25.6 Å². The van der Waals surface area contributed by atoms with E-state index in [1.54, 1.807) is 0 Å². The summed E-state index contributed by atoms with van der Waals surface area (Å²) in [4.78, 5) is 0. The smallest absolute Gasteiger partial charge is 0.0853 e. The van der Waals surface area contributed by atoms with Crippen molar-refractivity contribution < 1.29 is 4.74 Å². The Morgan fingerprint density at radius 1 is 1.22 bits per heavy atom. The van der Waals surface area contributed by atoms with E-state index in [1.807, 2.05) is 0 Å². The third kappa shape index (κ3) is 3.82. The van der Waals surface area contributed by atoms with Crippen molar-refractivity contribution in [2.45, 2.75) is 38.7 Å². The average molecular weight is 247 g/mol. The van der Waals surface area contributed by atoms with Crippen LogP contribution in [0.25, 0.3) is 0 Å². The van der Waals surface area contributed by atoms with Crippen molar-refractivity contribution in [1.29, 1.82) is 0 Å². The van der Waals surface area contributed by atoms with Gasteiger partial charge in [-0.25, -0.2) is 0 Å². The number of hydrogen-bond donors (Lipinski definition) is 1. The van der Waals surface area contributed by atoms with Crippen LogP contribution in [0.3, 0.4) is 0 Å². The van der Waals surface area contributed by atoms with Gasteiger partial charge in [0.1, 0.15) is 0 Å². The van der Waals surface area contributed by atoms with Crippen molar-refractivity contribution >= 4 is 0 Å². The van der Waals surface area contributed by atoms with Crippen molar-refractivity contribution in [3.05, 3.63) is 35.9 Å². The second kappa shape index (κ2) is 7.55. The lowest BCUT2D eigenvalue weighted by molar-refractivity contribution is -0.0140. The maximum absolute atomic E-state index is 6.12. The molecule has 1 aromatic rings. The van der Waals surface area contributed by atoms with Gasteiger partial charge < -0.3 is 10.1 Å². The molecule has 0 bridgehead atoms. The van der Waals surface area contributed by atoms with E-state index in [2.05, 4.69) is 42.6 Å². The summed E-state index contributed by atoms with van der Waals surface area (Å²) in [6, 6.07) is 10.7. The summed E-state index contributed by atoms with van der Waals surface area (Å²) in [5.74, 6) is 0.735. The minimum absolute atomic E-state index is 0.309. The van der Waals surface area contributed by atoms with Crippen molar-refractivity contribution in [1.82, 2.24) is 5.32 Å². The second-order valence-corrected chi connectivity index (χ2v) is 5.14. The summed E-state index contributed by atoms with van der Waals surface area (Å²) in [6.45, 7) is 5.05. The summed E-state index contributed by atoms with van der Waals surface area (Å²) in [7, 11) is 0. The predicted octanol–water partition coefficient (Wildman–Crippen LogP) is 3.54. The lowest BCUT2D eigenvalue weighted by Gasteiger charge is -2.34. The largest absolute Gasteiger partial charge is 0.372 e. The molecule has 0 spiro atoms. The Balaban J connectivity index is 1.82. The molecule has 1 saturated carbocycles. The first-order valence-electron chi connectivity index (χ1n) is 7.29. The normalized spacial score (nSPS) is 17.4. The van der Waals surface area contributed by atoms with Crippen LogP contribution in [0.4, 0.5) is 0 Å². The molecule has 1 aliphatic carbocycles. The molecule has 0 unspecified atom stereocenters. The summed E-state index contributed by atoms with van der Waals surface area (Å²) >= 11 is 0. The molecule has 1 fully saturated rings. The molecule has 1 aliphatic rings. The monoisotopic (exact) mass is 247 g/mol. The topological polar surface area (TPSA) is 21.3 Å². The molecular weight excluding hydrogens is 222 g/mol. The van der Waals surface area contributed by atoms with Crippen LogP contribution in [0.5, 0.6) is 0 Å². The van der Waals surface area contributed by atoms with Gasteiger partial charge in [0.25, 0.3) is 0 Å². The molecular formula is C16H25NO. The van der Waals surface area contributed by atoms with Crippen molar-refractivity contribution in [2.24, 2.45) is 5.92 Å². The summed E-state index contributed by atoms with van der Waals surface area (Å²) < 4.78 is 6.12. The van der Waals surface area contributed by atoms with Crippen LogP contribution in [0.1, 0.15) is 44.3 Å². The van der Waals surface area contributed by atoms with Gasteiger partial charge in [-0.15, -0.1) is 0 Å². The Kier molecular flexibility index (Phi) is 5.69. The van der Waals surface area contributed by atoms with Gasteiger partial charge in [-0.1, -0.05) is 43.7 Å². The second-order valence-electron chi connectivity index (χ2n) is 5.14. The third-order valence-corrected chi connectivity index (χ3v) is 3.71. The quantitative estimate of drug-likeness (QED) is 0.709. The van der Waals surface area contributed by atoms with Gasteiger partial charge in [0.15, 0.2) is 0 Å². The molecule has 1 N–H and O–H groups in total. The van der Waals surface area contributed by atoms with Crippen LogP contribution in [0, 0.1) is 5.92 Å². The zero-order chi connectivity index (χ0) is 12.6. The summed E-state index contributed by atoms with van der Waals surface area (Å²) in [6.07, 6.45) is 5.50. The zero-order valence-electron chi connectivity index (χ0n) is 11.4. The first kappa shape index (κ1) is 13.6.